The Labute approximate surface area is 100 Å². The molecule has 96 valence electrons. The third-order valence-electron chi connectivity index (χ3n) is 2.27. The van der Waals surface area contributed by atoms with Crippen LogP contribution in [0.2, 0.25) is 0 Å². The summed E-state index contributed by atoms with van der Waals surface area (Å²) in [4.78, 5) is 13.7. The highest BCUT2D eigenvalue weighted by Gasteiger charge is 2.35. The fourth-order valence-electron chi connectivity index (χ4n) is 1.30. The van der Waals surface area contributed by atoms with Crippen LogP contribution < -0.4 is 4.72 Å². The molecule has 0 aliphatic rings. The van der Waals surface area contributed by atoms with Crippen molar-refractivity contribution in [2.45, 2.75) is 31.7 Å². The molecule has 0 amide bonds. The molecule has 1 aromatic heterocycles. The number of hydrogen-bond donors (Lipinski definition) is 3. The van der Waals surface area contributed by atoms with Crippen LogP contribution in [0.4, 0.5) is 0 Å². The van der Waals surface area contributed by atoms with Crippen molar-refractivity contribution in [1.29, 1.82) is 0 Å². The Hall–Kier alpha value is -1.34. The maximum absolute atomic E-state index is 11.9. The number of aromatic nitrogens is 1. The predicted octanol–water partition coefficient (Wildman–Crippen LogP) is 0.792. The summed E-state index contributed by atoms with van der Waals surface area (Å²) in [6, 6.07) is 0.187. The van der Waals surface area contributed by atoms with E-state index < -0.39 is 27.4 Å². The average Bonchev–Trinajstić information content (AvgIpc) is 2.65. The lowest BCUT2D eigenvalue weighted by Crippen LogP contribution is -2.48. The van der Waals surface area contributed by atoms with Gasteiger partial charge in [-0.15, -0.1) is 0 Å². The molecule has 17 heavy (non-hydrogen) atoms. The summed E-state index contributed by atoms with van der Waals surface area (Å²) in [5.41, 5.74) is -0.713. The van der Waals surface area contributed by atoms with Gasteiger partial charge in [0, 0.05) is 12.4 Å². The van der Waals surface area contributed by atoms with E-state index in [0.717, 1.165) is 0 Å². The number of nitrogens with one attached hydrogen (secondary N) is 2. The van der Waals surface area contributed by atoms with Crippen LogP contribution in [0.15, 0.2) is 23.4 Å². The summed E-state index contributed by atoms with van der Waals surface area (Å²) >= 11 is 0. The van der Waals surface area contributed by atoms with E-state index in [9.17, 15) is 13.2 Å². The third-order valence-corrected chi connectivity index (χ3v) is 3.69. The van der Waals surface area contributed by atoms with Gasteiger partial charge in [-0.2, -0.15) is 4.72 Å². The van der Waals surface area contributed by atoms with E-state index >= 15 is 0 Å². The van der Waals surface area contributed by atoms with Crippen molar-refractivity contribution in [1.82, 2.24) is 9.71 Å². The summed E-state index contributed by atoms with van der Waals surface area (Å²) in [5, 5.41) is 9.03. The van der Waals surface area contributed by atoms with Gasteiger partial charge in [0.15, 0.2) is 0 Å². The van der Waals surface area contributed by atoms with Crippen LogP contribution >= 0.6 is 0 Å². The van der Waals surface area contributed by atoms with Crippen LogP contribution in [-0.2, 0) is 14.8 Å². The first kappa shape index (κ1) is 13.7. The van der Waals surface area contributed by atoms with Gasteiger partial charge >= 0.3 is 5.97 Å². The molecule has 0 fully saturated rings. The Morgan fingerprint density at radius 3 is 2.41 bits per heavy atom. The van der Waals surface area contributed by atoms with E-state index in [2.05, 4.69) is 9.71 Å². The van der Waals surface area contributed by atoms with Gasteiger partial charge in [0.2, 0.25) is 10.0 Å². The van der Waals surface area contributed by atoms with Crippen molar-refractivity contribution in [3.05, 3.63) is 18.5 Å². The number of aliphatic carboxylic acids is 1. The minimum Gasteiger partial charge on any atom is -0.480 e. The van der Waals surface area contributed by atoms with Crippen molar-refractivity contribution < 1.29 is 18.3 Å². The smallest absolute Gasteiger partial charge is 0.322 e. The molecular weight excluding hydrogens is 244 g/mol. The SMILES string of the molecule is CC(C)(C)[C@H](NS(=O)(=O)c1cc[nH]c1)C(=O)O. The number of carboxylic acid groups (broad SMARTS) is 1. The second-order valence-corrected chi connectivity index (χ2v) is 6.52. The van der Waals surface area contributed by atoms with Crippen LogP contribution in [0.5, 0.6) is 0 Å². The van der Waals surface area contributed by atoms with Crippen molar-refractivity contribution in [2.24, 2.45) is 5.41 Å². The Balaban J connectivity index is 3.01. The summed E-state index contributed by atoms with van der Waals surface area (Å²) in [7, 11) is -3.81. The van der Waals surface area contributed by atoms with Gasteiger partial charge in [-0.3, -0.25) is 4.79 Å². The van der Waals surface area contributed by atoms with E-state index in [1.807, 2.05) is 0 Å². The Morgan fingerprint density at radius 2 is 2.06 bits per heavy atom. The van der Waals surface area contributed by atoms with Crippen LogP contribution in [0.25, 0.3) is 0 Å². The first-order chi connectivity index (χ1) is 7.64. The first-order valence-electron chi connectivity index (χ1n) is 5.02. The van der Waals surface area contributed by atoms with Crippen LogP contribution in [0, 0.1) is 5.41 Å². The van der Waals surface area contributed by atoms with Crippen LogP contribution in [-0.4, -0.2) is 30.5 Å². The van der Waals surface area contributed by atoms with Gasteiger partial charge in [0.25, 0.3) is 0 Å². The van der Waals surface area contributed by atoms with Crippen LogP contribution in [0.1, 0.15) is 20.8 Å². The molecule has 3 N–H and O–H groups in total. The standard InChI is InChI=1S/C10H16N2O4S/c1-10(2,3)8(9(13)14)12-17(15,16)7-4-5-11-6-7/h4-6,8,11-12H,1-3H3,(H,13,14)/t8-/m1/s1. The summed E-state index contributed by atoms with van der Waals surface area (Å²) < 4.78 is 25.9. The zero-order valence-corrected chi connectivity index (χ0v) is 10.7. The number of aromatic amines is 1. The van der Waals surface area contributed by atoms with Gasteiger partial charge in [0.05, 0.1) is 4.90 Å². The predicted molar refractivity (Wildman–Crippen MR) is 62.0 cm³/mol. The fourth-order valence-corrected chi connectivity index (χ4v) is 2.67. The van der Waals surface area contributed by atoms with Gasteiger partial charge in [-0.05, 0) is 11.5 Å². The molecule has 0 aliphatic carbocycles. The molecule has 0 aromatic carbocycles. The summed E-state index contributed by atoms with van der Waals surface area (Å²) in [6.45, 7) is 4.97. The number of sulfonamides is 1. The van der Waals surface area contributed by atoms with Gasteiger partial charge in [0.1, 0.15) is 6.04 Å². The summed E-state index contributed by atoms with van der Waals surface area (Å²) in [5.74, 6) is -1.20. The molecule has 0 saturated heterocycles. The minimum absolute atomic E-state index is 0.0213. The lowest BCUT2D eigenvalue weighted by Gasteiger charge is -2.27. The van der Waals surface area contributed by atoms with Gasteiger partial charge in [-0.25, -0.2) is 8.42 Å². The molecule has 0 bridgehead atoms. The zero-order valence-electron chi connectivity index (χ0n) is 9.89. The fraction of sp³-hybridized carbons (Fsp3) is 0.500. The molecule has 1 atom stereocenters. The van der Waals surface area contributed by atoms with E-state index in [-0.39, 0.29) is 4.90 Å². The molecule has 0 spiro atoms. The largest absolute Gasteiger partial charge is 0.480 e. The average molecular weight is 260 g/mol. The summed E-state index contributed by atoms with van der Waals surface area (Å²) in [6.07, 6.45) is 2.76. The van der Waals surface area contributed by atoms with E-state index in [1.165, 1.54) is 18.5 Å². The first-order valence-corrected chi connectivity index (χ1v) is 6.51. The third kappa shape index (κ3) is 3.31. The molecule has 0 aliphatic heterocycles. The number of H-pyrrole nitrogens is 1. The highest BCUT2D eigenvalue weighted by atomic mass is 32.2. The van der Waals surface area contributed by atoms with E-state index in [4.69, 9.17) is 5.11 Å². The zero-order chi connectivity index (χ0) is 13.3. The second-order valence-electron chi connectivity index (χ2n) is 4.81. The lowest BCUT2D eigenvalue weighted by atomic mass is 9.88. The number of carbonyl (C=O) groups is 1. The molecule has 0 unspecified atom stereocenters. The minimum atomic E-state index is -3.81. The topological polar surface area (TPSA) is 99.3 Å². The molecule has 1 heterocycles. The molecule has 1 rings (SSSR count). The maximum atomic E-state index is 11.9. The Morgan fingerprint density at radius 1 is 1.47 bits per heavy atom. The van der Waals surface area contributed by atoms with Gasteiger partial charge < -0.3 is 10.1 Å². The van der Waals surface area contributed by atoms with Crippen molar-refractivity contribution in [3.8, 4) is 0 Å². The number of rotatable bonds is 4. The van der Waals surface area contributed by atoms with Gasteiger partial charge in [-0.1, -0.05) is 20.8 Å². The van der Waals surface area contributed by atoms with Crippen molar-refractivity contribution in [3.63, 3.8) is 0 Å². The van der Waals surface area contributed by atoms with E-state index in [1.54, 1.807) is 20.8 Å². The Bertz CT molecular complexity index is 485. The molecule has 6 nitrogen and oxygen atoms in total. The van der Waals surface area contributed by atoms with E-state index in [0.29, 0.717) is 0 Å². The molecule has 1 aromatic rings. The lowest BCUT2D eigenvalue weighted by molar-refractivity contribution is -0.141. The second kappa shape index (κ2) is 4.50. The highest BCUT2D eigenvalue weighted by molar-refractivity contribution is 7.89. The monoisotopic (exact) mass is 260 g/mol. The van der Waals surface area contributed by atoms with Crippen molar-refractivity contribution >= 4 is 16.0 Å². The normalized spacial score (nSPS) is 14.5. The highest BCUT2D eigenvalue weighted by Crippen LogP contribution is 2.21. The number of carboxylic acids is 1. The number of hydrogen-bond acceptors (Lipinski definition) is 3. The maximum Gasteiger partial charge on any atom is 0.322 e. The molecular formula is C10H16N2O4S. The van der Waals surface area contributed by atoms with Crippen molar-refractivity contribution in [2.75, 3.05) is 0 Å². The quantitative estimate of drug-likeness (QED) is 0.745. The van der Waals surface area contributed by atoms with Crippen LogP contribution in [0.3, 0.4) is 0 Å². The molecule has 0 radical (unpaired) electrons. The molecule has 0 saturated carbocycles. The molecule has 7 heteroatoms. The Kier molecular flexibility index (Phi) is 3.63.